The van der Waals surface area contributed by atoms with Crippen LogP contribution in [0.3, 0.4) is 0 Å². The number of amides is 1. The topological polar surface area (TPSA) is 95.1 Å². The number of nitrogens with zero attached hydrogens (tertiary/aromatic N) is 3. The maximum Gasteiger partial charge on any atom is 0.257 e. The first-order valence-electron chi connectivity index (χ1n) is 6.52. The Morgan fingerprint density at radius 1 is 1.43 bits per heavy atom. The lowest BCUT2D eigenvalue weighted by atomic mass is 10.1. The summed E-state index contributed by atoms with van der Waals surface area (Å²) < 4.78 is 1.67. The maximum atomic E-state index is 12.4. The van der Waals surface area contributed by atoms with E-state index in [1.807, 2.05) is 19.9 Å². The van der Waals surface area contributed by atoms with E-state index in [4.69, 9.17) is 5.90 Å². The van der Waals surface area contributed by atoms with Crippen molar-refractivity contribution in [2.75, 3.05) is 5.32 Å². The predicted molar refractivity (Wildman–Crippen MR) is 78.6 cm³/mol. The van der Waals surface area contributed by atoms with Gasteiger partial charge in [0, 0.05) is 18.9 Å². The fraction of sp³-hybridized carbons (Fsp3) is 0.357. The number of carbonyl (C=O) groups excluding carboxylic acids is 1. The van der Waals surface area contributed by atoms with E-state index in [1.165, 1.54) is 0 Å². The van der Waals surface area contributed by atoms with Crippen molar-refractivity contribution in [1.29, 1.82) is 0 Å². The lowest BCUT2D eigenvalue weighted by Gasteiger charge is -2.09. The third-order valence-electron chi connectivity index (χ3n) is 3.33. The van der Waals surface area contributed by atoms with Crippen molar-refractivity contribution < 1.29 is 9.63 Å². The van der Waals surface area contributed by atoms with E-state index in [9.17, 15) is 4.79 Å². The van der Waals surface area contributed by atoms with Crippen LogP contribution in [0.2, 0.25) is 0 Å². The van der Waals surface area contributed by atoms with Crippen LogP contribution in [-0.4, -0.2) is 20.7 Å². The molecule has 0 fully saturated rings. The third kappa shape index (κ3) is 3.09. The molecule has 0 bridgehead atoms. The van der Waals surface area contributed by atoms with Gasteiger partial charge in [-0.3, -0.25) is 19.3 Å². The Kier molecular flexibility index (Phi) is 4.35. The molecule has 7 nitrogen and oxygen atoms in total. The van der Waals surface area contributed by atoms with Crippen molar-refractivity contribution in [2.45, 2.75) is 27.4 Å². The summed E-state index contributed by atoms with van der Waals surface area (Å²) in [6, 6.07) is 1.81. The summed E-state index contributed by atoms with van der Waals surface area (Å²) in [5, 5.41) is 7.14. The van der Waals surface area contributed by atoms with Gasteiger partial charge in [0.15, 0.2) is 0 Å². The van der Waals surface area contributed by atoms with Crippen molar-refractivity contribution >= 4 is 11.6 Å². The molecule has 3 N–H and O–H groups in total. The summed E-state index contributed by atoms with van der Waals surface area (Å²) in [5.74, 6) is 4.88. The molecular weight excluding hydrogens is 270 g/mol. The van der Waals surface area contributed by atoms with Crippen molar-refractivity contribution in [1.82, 2.24) is 14.8 Å². The lowest BCUT2D eigenvalue weighted by Crippen LogP contribution is -2.16. The number of carbonyl (C=O) groups is 1. The molecule has 0 aliphatic rings. The van der Waals surface area contributed by atoms with Crippen LogP contribution < -0.4 is 11.2 Å². The van der Waals surface area contributed by atoms with E-state index >= 15 is 0 Å². The molecule has 1 amide bonds. The average molecular weight is 289 g/mol. The summed E-state index contributed by atoms with van der Waals surface area (Å²) in [6.45, 7) is 5.69. The fourth-order valence-corrected chi connectivity index (χ4v) is 2.07. The highest BCUT2D eigenvalue weighted by Gasteiger charge is 2.18. The zero-order valence-corrected chi connectivity index (χ0v) is 12.6. The summed E-state index contributed by atoms with van der Waals surface area (Å²) in [5.41, 5.74) is 4.18. The molecule has 0 unspecified atom stereocenters. The first kappa shape index (κ1) is 15.1. The van der Waals surface area contributed by atoms with Crippen LogP contribution >= 0.6 is 0 Å². The predicted octanol–water partition coefficient (Wildman–Crippen LogP) is 1.38. The lowest BCUT2D eigenvalue weighted by molar-refractivity contribution is 0.102. The van der Waals surface area contributed by atoms with Crippen molar-refractivity contribution in [2.24, 2.45) is 12.9 Å². The second-order valence-corrected chi connectivity index (χ2v) is 4.94. The summed E-state index contributed by atoms with van der Waals surface area (Å²) >= 11 is 0. The zero-order chi connectivity index (χ0) is 15.6. The number of pyridine rings is 1. The first-order chi connectivity index (χ1) is 9.93. The van der Waals surface area contributed by atoms with Crippen LogP contribution in [0, 0.1) is 20.8 Å². The fourth-order valence-electron chi connectivity index (χ4n) is 2.07. The van der Waals surface area contributed by atoms with Gasteiger partial charge in [0.25, 0.3) is 5.91 Å². The van der Waals surface area contributed by atoms with Crippen LogP contribution in [0.15, 0.2) is 12.3 Å². The Labute approximate surface area is 123 Å². The van der Waals surface area contributed by atoms with Gasteiger partial charge in [0.1, 0.15) is 12.3 Å². The van der Waals surface area contributed by atoms with Gasteiger partial charge in [-0.2, -0.15) is 5.10 Å². The van der Waals surface area contributed by atoms with Gasteiger partial charge in [-0.15, -0.1) is 0 Å². The second-order valence-electron chi connectivity index (χ2n) is 4.94. The Morgan fingerprint density at radius 2 is 2.14 bits per heavy atom. The monoisotopic (exact) mass is 289 g/mol. The second kappa shape index (κ2) is 6.02. The van der Waals surface area contributed by atoms with E-state index in [1.54, 1.807) is 24.9 Å². The molecule has 0 aliphatic heterocycles. The molecule has 2 rings (SSSR count). The number of anilines is 1. The van der Waals surface area contributed by atoms with Gasteiger partial charge < -0.3 is 5.32 Å². The van der Waals surface area contributed by atoms with E-state index in [0.29, 0.717) is 22.6 Å². The normalized spacial score (nSPS) is 10.7. The van der Waals surface area contributed by atoms with E-state index in [-0.39, 0.29) is 12.5 Å². The molecular formula is C14H19N5O2. The Balaban J connectivity index is 2.33. The quantitative estimate of drug-likeness (QED) is 0.829. The number of nitrogens with two attached hydrogens (primary N) is 1. The molecule has 0 aliphatic carbocycles. The average Bonchev–Trinajstić information content (AvgIpc) is 2.70. The Morgan fingerprint density at radius 3 is 2.81 bits per heavy atom. The molecule has 7 heteroatoms. The van der Waals surface area contributed by atoms with Crippen LogP contribution in [0.4, 0.5) is 5.69 Å². The zero-order valence-electron chi connectivity index (χ0n) is 12.6. The smallest absolute Gasteiger partial charge is 0.257 e. The highest BCUT2D eigenvalue weighted by atomic mass is 16.6. The molecule has 21 heavy (non-hydrogen) atoms. The molecule has 0 saturated heterocycles. The van der Waals surface area contributed by atoms with Gasteiger partial charge in [0.05, 0.1) is 16.9 Å². The molecule has 2 heterocycles. The Hall–Kier alpha value is -2.25. The number of aryl methyl sites for hydroxylation is 3. The van der Waals surface area contributed by atoms with Crippen molar-refractivity contribution in [3.05, 3.63) is 40.5 Å². The van der Waals surface area contributed by atoms with Crippen LogP contribution in [0.1, 0.15) is 33.0 Å². The van der Waals surface area contributed by atoms with Gasteiger partial charge in [-0.05, 0) is 32.4 Å². The highest BCUT2D eigenvalue weighted by molar-refractivity contribution is 6.05. The Bertz CT molecular complexity index is 678. The molecule has 2 aromatic heterocycles. The van der Waals surface area contributed by atoms with Gasteiger partial charge in [-0.1, -0.05) is 0 Å². The summed E-state index contributed by atoms with van der Waals surface area (Å²) in [4.78, 5) is 21.3. The number of nitrogens with one attached hydrogen (secondary N) is 1. The van der Waals surface area contributed by atoms with Crippen LogP contribution in [0.5, 0.6) is 0 Å². The molecule has 112 valence electrons. The number of rotatable bonds is 4. The summed E-state index contributed by atoms with van der Waals surface area (Å²) in [6.07, 6.45) is 1.73. The van der Waals surface area contributed by atoms with Crippen LogP contribution in [-0.2, 0) is 18.5 Å². The molecule has 0 radical (unpaired) electrons. The molecule has 0 spiro atoms. The minimum atomic E-state index is -0.224. The van der Waals surface area contributed by atoms with Gasteiger partial charge >= 0.3 is 0 Å². The number of hydrogen-bond donors (Lipinski definition) is 2. The first-order valence-corrected chi connectivity index (χ1v) is 6.52. The van der Waals surface area contributed by atoms with E-state index < -0.39 is 0 Å². The number of aromatic nitrogens is 3. The minimum Gasteiger partial charge on any atom is -0.319 e. The largest absolute Gasteiger partial charge is 0.319 e. The molecule has 2 aromatic rings. The van der Waals surface area contributed by atoms with Crippen molar-refractivity contribution in [3.63, 3.8) is 0 Å². The standard InChI is InChI=1S/C14H19N5O2/c1-8-5-11(9(2)16-6-8)14(20)17-13-10(3)19(4)18-12(13)7-21-15/h5-6H,7,15H2,1-4H3,(H,17,20). The van der Waals surface area contributed by atoms with Gasteiger partial charge in [0.2, 0.25) is 0 Å². The molecule has 0 saturated carbocycles. The van der Waals surface area contributed by atoms with Crippen molar-refractivity contribution in [3.8, 4) is 0 Å². The minimum absolute atomic E-state index is 0.127. The molecule has 0 aromatic carbocycles. The molecule has 0 atom stereocenters. The maximum absolute atomic E-state index is 12.4. The highest BCUT2D eigenvalue weighted by Crippen LogP contribution is 2.21. The van der Waals surface area contributed by atoms with Crippen LogP contribution in [0.25, 0.3) is 0 Å². The van der Waals surface area contributed by atoms with E-state index in [2.05, 4.69) is 20.2 Å². The SMILES string of the molecule is Cc1cnc(C)c(C(=O)Nc2c(CON)nn(C)c2C)c1. The van der Waals surface area contributed by atoms with E-state index in [0.717, 1.165) is 11.3 Å². The number of hydrogen-bond acceptors (Lipinski definition) is 5. The summed E-state index contributed by atoms with van der Waals surface area (Å²) in [7, 11) is 1.80. The third-order valence-corrected chi connectivity index (χ3v) is 3.33. The van der Waals surface area contributed by atoms with Gasteiger partial charge in [-0.25, -0.2) is 5.90 Å².